The third-order valence-corrected chi connectivity index (χ3v) is 4.85. The molecule has 1 saturated heterocycles. The lowest BCUT2D eigenvalue weighted by atomic mass is 10.1. The van der Waals surface area contributed by atoms with Gasteiger partial charge in [0.25, 0.3) is 0 Å². The van der Waals surface area contributed by atoms with Crippen LogP contribution in [-0.2, 0) is 11.3 Å². The molecule has 128 valence electrons. The van der Waals surface area contributed by atoms with Gasteiger partial charge in [0, 0.05) is 36.7 Å². The normalized spacial score (nSPS) is 17.9. The molecular weight excluding hydrogens is 308 g/mol. The Labute approximate surface area is 149 Å². The molecule has 1 aliphatic rings. The molecule has 0 bridgehead atoms. The predicted octanol–water partition coefficient (Wildman–Crippen LogP) is 4.63. The van der Waals surface area contributed by atoms with Crippen molar-refractivity contribution < 1.29 is 4.74 Å². The second-order valence-corrected chi connectivity index (χ2v) is 6.82. The molecule has 25 heavy (non-hydrogen) atoms. The topological polar surface area (TPSA) is 17.4 Å². The minimum absolute atomic E-state index is 0.0331. The van der Waals surface area contributed by atoms with E-state index in [-0.39, 0.29) is 6.23 Å². The molecule has 1 fully saturated rings. The lowest BCUT2D eigenvalue weighted by Crippen LogP contribution is -2.23. The third-order valence-electron chi connectivity index (χ3n) is 4.85. The number of nitrogens with zero attached hydrogens (tertiary/aromatic N) is 2. The average Bonchev–Trinajstić information content (AvgIpc) is 3.24. The number of aromatic nitrogens is 1. The number of hydrogen-bond donors (Lipinski definition) is 0. The summed E-state index contributed by atoms with van der Waals surface area (Å²) in [5.41, 5.74) is 6.35. The fourth-order valence-electron chi connectivity index (χ4n) is 3.58. The van der Waals surface area contributed by atoms with Crippen molar-refractivity contribution in [2.24, 2.45) is 0 Å². The standard InChI is InChI=1S/C22H24N2O/c1-17-6-5-8-19(14-17)15-24-12-13-25-22(24)20-10-11-23(16-20)21-9-4-3-7-18(21)2/h3-11,14,16,22H,12-13,15H2,1-2H3. The predicted molar refractivity (Wildman–Crippen MR) is 101 cm³/mol. The van der Waals surface area contributed by atoms with Crippen LogP contribution in [0.1, 0.15) is 28.5 Å². The van der Waals surface area contributed by atoms with Gasteiger partial charge in [-0.2, -0.15) is 0 Å². The number of benzene rings is 2. The minimum atomic E-state index is 0.0331. The summed E-state index contributed by atoms with van der Waals surface area (Å²) in [5.74, 6) is 0. The van der Waals surface area contributed by atoms with E-state index >= 15 is 0 Å². The molecule has 1 aromatic heterocycles. The van der Waals surface area contributed by atoms with Gasteiger partial charge in [0.1, 0.15) is 6.23 Å². The molecule has 3 heteroatoms. The van der Waals surface area contributed by atoms with E-state index < -0.39 is 0 Å². The Hall–Kier alpha value is -2.36. The van der Waals surface area contributed by atoms with Crippen molar-refractivity contribution in [1.82, 2.24) is 9.47 Å². The third kappa shape index (κ3) is 3.39. The lowest BCUT2D eigenvalue weighted by molar-refractivity contribution is 0.0288. The maximum atomic E-state index is 6.05. The van der Waals surface area contributed by atoms with Crippen LogP contribution in [-0.4, -0.2) is 22.6 Å². The summed E-state index contributed by atoms with van der Waals surface area (Å²) < 4.78 is 8.24. The fraction of sp³-hybridized carbons (Fsp3) is 0.273. The molecule has 3 aromatic rings. The summed E-state index contributed by atoms with van der Waals surface area (Å²) in [4.78, 5) is 2.41. The minimum Gasteiger partial charge on any atom is -0.357 e. The van der Waals surface area contributed by atoms with Crippen molar-refractivity contribution in [2.45, 2.75) is 26.6 Å². The zero-order valence-electron chi connectivity index (χ0n) is 14.9. The van der Waals surface area contributed by atoms with Crippen molar-refractivity contribution in [3.05, 3.63) is 89.2 Å². The molecule has 2 aromatic carbocycles. The quantitative estimate of drug-likeness (QED) is 0.693. The first-order valence-corrected chi connectivity index (χ1v) is 8.86. The molecule has 0 radical (unpaired) electrons. The highest BCUT2D eigenvalue weighted by Gasteiger charge is 2.27. The Kier molecular flexibility index (Phi) is 4.43. The van der Waals surface area contributed by atoms with Gasteiger partial charge in [0.15, 0.2) is 0 Å². The Morgan fingerprint density at radius 3 is 2.76 bits per heavy atom. The van der Waals surface area contributed by atoms with Crippen LogP contribution >= 0.6 is 0 Å². The number of aryl methyl sites for hydroxylation is 2. The smallest absolute Gasteiger partial charge is 0.138 e. The van der Waals surface area contributed by atoms with Gasteiger partial charge in [-0.25, -0.2) is 0 Å². The molecule has 0 aliphatic carbocycles. The molecule has 1 aliphatic heterocycles. The Morgan fingerprint density at radius 2 is 1.92 bits per heavy atom. The van der Waals surface area contributed by atoms with Crippen LogP contribution in [0, 0.1) is 13.8 Å². The Bertz CT molecular complexity index is 868. The first-order valence-electron chi connectivity index (χ1n) is 8.86. The highest BCUT2D eigenvalue weighted by molar-refractivity contribution is 5.41. The van der Waals surface area contributed by atoms with Gasteiger partial charge < -0.3 is 9.30 Å². The maximum absolute atomic E-state index is 6.05. The average molecular weight is 332 g/mol. The summed E-state index contributed by atoms with van der Waals surface area (Å²) in [5, 5.41) is 0. The van der Waals surface area contributed by atoms with E-state index in [4.69, 9.17) is 4.74 Å². The van der Waals surface area contributed by atoms with Gasteiger partial charge in [0.2, 0.25) is 0 Å². The van der Waals surface area contributed by atoms with Gasteiger partial charge >= 0.3 is 0 Å². The first kappa shape index (κ1) is 16.1. The number of hydrogen-bond acceptors (Lipinski definition) is 2. The van der Waals surface area contributed by atoms with Crippen LogP contribution in [0.5, 0.6) is 0 Å². The fourth-order valence-corrected chi connectivity index (χ4v) is 3.58. The second kappa shape index (κ2) is 6.87. The second-order valence-electron chi connectivity index (χ2n) is 6.82. The number of rotatable bonds is 4. The van der Waals surface area contributed by atoms with E-state index in [1.165, 1.54) is 27.9 Å². The lowest BCUT2D eigenvalue weighted by Gasteiger charge is -2.22. The van der Waals surface area contributed by atoms with Crippen LogP contribution in [0.3, 0.4) is 0 Å². The highest BCUT2D eigenvalue weighted by atomic mass is 16.5. The van der Waals surface area contributed by atoms with Crippen LogP contribution in [0.25, 0.3) is 5.69 Å². The SMILES string of the molecule is Cc1cccc(CN2CCOC2c2ccn(-c3ccccc3C)c2)c1. The van der Waals surface area contributed by atoms with Crippen molar-refractivity contribution in [3.8, 4) is 5.69 Å². The molecule has 0 amide bonds. The highest BCUT2D eigenvalue weighted by Crippen LogP contribution is 2.30. The van der Waals surface area contributed by atoms with E-state index in [2.05, 4.69) is 90.3 Å². The monoisotopic (exact) mass is 332 g/mol. The van der Waals surface area contributed by atoms with Crippen LogP contribution in [0.15, 0.2) is 67.0 Å². The van der Waals surface area contributed by atoms with Gasteiger partial charge in [0.05, 0.1) is 6.61 Å². The van der Waals surface area contributed by atoms with Crippen molar-refractivity contribution >= 4 is 0 Å². The largest absolute Gasteiger partial charge is 0.357 e. The number of para-hydroxylation sites is 1. The molecular formula is C22H24N2O. The molecule has 0 saturated carbocycles. The Morgan fingerprint density at radius 1 is 1.04 bits per heavy atom. The Balaban J connectivity index is 1.56. The van der Waals surface area contributed by atoms with E-state index in [1.807, 2.05) is 0 Å². The van der Waals surface area contributed by atoms with Crippen molar-refractivity contribution in [2.75, 3.05) is 13.2 Å². The molecule has 0 N–H and O–H groups in total. The van der Waals surface area contributed by atoms with Crippen LogP contribution in [0.4, 0.5) is 0 Å². The van der Waals surface area contributed by atoms with Gasteiger partial charge in [-0.3, -0.25) is 4.90 Å². The van der Waals surface area contributed by atoms with Gasteiger partial charge in [-0.15, -0.1) is 0 Å². The van der Waals surface area contributed by atoms with E-state index in [9.17, 15) is 0 Å². The molecule has 1 atom stereocenters. The van der Waals surface area contributed by atoms with Gasteiger partial charge in [-0.1, -0.05) is 48.0 Å². The summed E-state index contributed by atoms with van der Waals surface area (Å²) in [6, 6.07) is 19.4. The van der Waals surface area contributed by atoms with E-state index in [1.54, 1.807) is 0 Å². The summed E-state index contributed by atoms with van der Waals surface area (Å²) >= 11 is 0. The van der Waals surface area contributed by atoms with Crippen LogP contribution < -0.4 is 0 Å². The summed E-state index contributed by atoms with van der Waals surface area (Å²) in [6.45, 7) is 6.96. The van der Waals surface area contributed by atoms with E-state index in [0.29, 0.717) is 0 Å². The van der Waals surface area contributed by atoms with Crippen molar-refractivity contribution in [3.63, 3.8) is 0 Å². The molecule has 4 rings (SSSR count). The zero-order valence-corrected chi connectivity index (χ0v) is 14.9. The van der Waals surface area contributed by atoms with Gasteiger partial charge in [-0.05, 0) is 37.1 Å². The van der Waals surface area contributed by atoms with Crippen LogP contribution in [0.2, 0.25) is 0 Å². The molecule has 1 unspecified atom stereocenters. The summed E-state index contributed by atoms with van der Waals surface area (Å²) in [6.07, 6.45) is 4.36. The summed E-state index contributed by atoms with van der Waals surface area (Å²) in [7, 11) is 0. The number of ether oxygens (including phenoxy) is 1. The molecule has 2 heterocycles. The maximum Gasteiger partial charge on any atom is 0.138 e. The zero-order chi connectivity index (χ0) is 17.2. The molecule has 3 nitrogen and oxygen atoms in total. The first-order chi connectivity index (χ1) is 12.2. The van der Waals surface area contributed by atoms with E-state index in [0.717, 1.165) is 19.7 Å². The molecule has 0 spiro atoms. The van der Waals surface area contributed by atoms with Crippen molar-refractivity contribution in [1.29, 1.82) is 0 Å².